The minimum Gasteiger partial charge on any atom is -0.491 e. The molecule has 0 amide bonds. The molecule has 1 rings (SSSR count). The minimum absolute atomic E-state index is 0.157. The van der Waals surface area contributed by atoms with Crippen molar-refractivity contribution in [2.75, 3.05) is 0 Å². The van der Waals surface area contributed by atoms with Crippen molar-refractivity contribution >= 4 is 11.8 Å². The van der Waals surface area contributed by atoms with Gasteiger partial charge in [-0.1, -0.05) is 12.1 Å². The van der Waals surface area contributed by atoms with E-state index in [9.17, 15) is 0 Å². The van der Waals surface area contributed by atoms with Crippen LogP contribution in [0.25, 0.3) is 0 Å². The van der Waals surface area contributed by atoms with E-state index in [2.05, 4.69) is 4.84 Å². The van der Waals surface area contributed by atoms with E-state index in [-0.39, 0.29) is 12.1 Å². The molecule has 0 heterocycles. The second kappa shape index (κ2) is 5.23. The highest BCUT2D eigenvalue weighted by atomic mass is 35.5. The van der Waals surface area contributed by atoms with Crippen molar-refractivity contribution in [3.05, 3.63) is 29.8 Å². The molecule has 0 saturated carbocycles. The van der Waals surface area contributed by atoms with Crippen molar-refractivity contribution < 1.29 is 4.74 Å². The number of halogens is 1. The molecule has 0 radical (unpaired) electrons. The summed E-state index contributed by atoms with van der Waals surface area (Å²) < 4.78 is 5.53. The topological polar surface area (TPSA) is 21.3 Å². The smallest absolute Gasteiger partial charge is 0.119 e. The summed E-state index contributed by atoms with van der Waals surface area (Å²) in [5.74, 6) is 0.894. The molecular formula is C11H16ClNO. The van der Waals surface area contributed by atoms with Gasteiger partial charge in [0.1, 0.15) is 5.75 Å². The van der Waals surface area contributed by atoms with Crippen molar-refractivity contribution in [1.82, 2.24) is 4.84 Å². The van der Waals surface area contributed by atoms with Gasteiger partial charge in [-0.25, -0.2) is 4.84 Å². The molecule has 0 aliphatic carbocycles. The molecule has 1 atom stereocenters. The van der Waals surface area contributed by atoms with Crippen molar-refractivity contribution in [2.24, 2.45) is 0 Å². The van der Waals surface area contributed by atoms with Gasteiger partial charge in [0.2, 0.25) is 0 Å². The quantitative estimate of drug-likeness (QED) is 0.776. The molecule has 78 valence electrons. The fraction of sp³-hybridized carbons (Fsp3) is 0.455. The molecule has 0 aliphatic rings. The first kappa shape index (κ1) is 11.3. The van der Waals surface area contributed by atoms with E-state index in [1.165, 1.54) is 0 Å². The van der Waals surface area contributed by atoms with E-state index < -0.39 is 0 Å². The van der Waals surface area contributed by atoms with E-state index in [1.807, 2.05) is 45.0 Å². The number of ether oxygens (including phenoxy) is 1. The lowest BCUT2D eigenvalue weighted by molar-refractivity contribution is 0.242. The van der Waals surface area contributed by atoms with Crippen LogP contribution in [-0.2, 0) is 0 Å². The zero-order valence-electron chi connectivity index (χ0n) is 8.75. The Bertz CT molecular complexity index is 271. The summed E-state index contributed by atoms with van der Waals surface area (Å²) in [6.07, 6.45) is 0.212. The van der Waals surface area contributed by atoms with Crippen LogP contribution < -0.4 is 9.57 Å². The predicted molar refractivity (Wildman–Crippen MR) is 59.6 cm³/mol. The van der Waals surface area contributed by atoms with Gasteiger partial charge < -0.3 is 4.74 Å². The second-order valence-corrected chi connectivity index (χ2v) is 3.78. The maximum Gasteiger partial charge on any atom is 0.119 e. The molecule has 0 saturated heterocycles. The largest absolute Gasteiger partial charge is 0.491 e. The molecule has 0 aromatic heterocycles. The summed E-state index contributed by atoms with van der Waals surface area (Å²) in [7, 11) is 0. The van der Waals surface area contributed by atoms with Gasteiger partial charge in [0.25, 0.3) is 0 Å². The Balaban J connectivity index is 2.68. The molecule has 1 aromatic rings. The van der Waals surface area contributed by atoms with Gasteiger partial charge in [0.05, 0.1) is 6.10 Å². The molecular weight excluding hydrogens is 198 g/mol. The first-order valence-corrected chi connectivity index (χ1v) is 5.14. The third-order valence-corrected chi connectivity index (χ3v) is 2.24. The van der Waals surface area contributed by atoms with Gasteiger partial charge in [-0.05, 0) is 50.2 Å². The van der Waals surface area contributed by atoms with E-state index in [4.69, 9.17) is 16.5 Å². The molecule has 0 unspecified atom stereocenters. The van der Waals surface area contributed by atoms with Crippen LogP contribution in [0.5, 0.6) is 5.75 Å². The van der Waals surface area contributed by atoms with Crippen LogP contribution in [0.4, 0.5) is 0 Å². The number of benzene rings is 1. The lowest BCUT2D eigenvalue weighted by Gasteiger charge is -2.12. The van der Waals surface area contributed by atoms with Crippen LogP contribution in [0.3, 0.4) is 0 Å². The molecule has 0 aliphatic heterocycles. The standard InChI is InChI=1S/C11H16ClNO/c1-8(2)14-11-6-4-10(5-7-11)9(3)13-12/h4-9,13H,1-3H3/t9-/m0/s1. The summed E-state index contributed by atoms with van der Waals surface area (Å²) in [5.41, 5.74) is 1.15. The average molecular weight is 214 g/mol. The Morgan fingerprint density at radius 2 is 1.71 bits per heavy atom. The normalized spacial score (nSPS) is 12.9. The number of rotatable bonds is 4. The monoisotopic (exact) mass is 213 g/mol. The molecule has 0 spiro atoms. The third-order valence-electron chi connectivity index (χ3n) is 1.92. The zero-order chi connectivity index (χ0) is 10.6. The van der Waals surface area contributed by atoms with E-state index in [0.29, 0.717) is 0 Å². The minimum atomic E-state index is 0.157. The number of nitrogens with one attached hydrogen (secondary N) is 1. The maximum absolute atomic E-state index is 5.53. The Kier molecular flexibility index (Phi) is 4.23. The Hall–Kier alpha value is -0.730. The van der Waals surface area contributed by atoms with Crippen molar-refractivity contribution in [3.63, 3.8) is 0 Å². The Morgan fingerprint density at radius 1 is 1.14 bits per heavy atom. The van der Waals surface area contributed by atoms with Gasteiger partial charge in [-0.15, -0.1) is 0 Å². The fourth-order valence-corrected chi connectivity index (χ4v) is 1.30. The Morgan fingerprint density at radius 3 is 2.14 bits per heavy atom. The summed E-state index contributed by atoms with van der Waals surface area (Å²) in [4.78, 5) is 2.67. The first-order chi connectivity index (χ1) is 6.63. The molecule has 0 fully saturated rings. The van der Waals surface area contributed by atoms with Crippen LogP contribution in [0.1, 0.15) is 32.4 Å². The van der Waals surface area contributed by atoms with Gasteiger partial charge in [0.15, 0.2) is 0 Å². The highest BCUT2D eigenvalue weighted by molar-refractivity contribution is 6.13. The van der Waals surface area contributed by atoms with Gasteiger partial charge in [-0.3, -0.25) is 0 Å². The van der Waals surface area contributed by atoms with Gasteiger partial charge in [-0.2, -0.15) is 0 Å². The van der Waals surface area contributed by atoms with Crippen molar-refractivity contribution in [1.29, 1.82) is 0 Å². The summed E-state index contributed by atoms with van der Waals surface area (Å²) >= 11 is 5.53. The first-order valence-electron chi connectivity index (χ1n) is 4.76. The van der Waals surface area contributed by atoms with Crippen molar-refractivity contribution in [2.45, 2.75) is 32.9 Å². The van der Waals surface area contributed by atoms with Crippen LogP contribution in [-0.4, -0.2) is 6.10 Å². The Labute approximate surface area is 90.3 Å². The van der Waals surface area contributed by atoms with Crippen LogP contribution in [0.15, 0.2) is 24.3 Å². The van der Waals surface area contributed by atoms with Crippen molar-refractivity contribution in [3.8, 4) is 5.75 Å². The third kappa shape index (κ3) is 3.20. The van der Waals surface area contributed by atoms with Crippen LogP contribution in [0.2, 0.25) is 0 Å². The molecule has 14 heavy (non-hydrogen) atoms. The maximum atomic E-state index is 5.53. The van der Waals surface area contributed by atoms with Gasteiger partial charge in [0, 0.05) is 6.04 Å². The zero-order valence-corrected chi connectivity index (χ0v) is 9.51. The average Bonchev–Trinajstić information content (AvgIpc) is 2.17. The molecule has 0 bridgehead atoms. The summed E-state index contributed by atoms with van der Waals surface area (Å²) in [6, 6.07) is 8.10. The molecule has 3 heteroatoms. The summed E-state index contributed by atoms with van der Waals surface area (Å²) in [5, 5.41) is 0. The van der Waals surface area contributed by atoms with Gasteiger partial charge >= 0.3 is 0 Å². The highest BCUT2D eigenvalue weighted by Crippen LogP contribution is 2.18. The predicted octanol–water partition coefficient (Wildman–Crippen LogP) is 3.28. The van der Waals surface area contributed by atoms with Crippen LogP contribution in [0, 0.1) is 0 Å². The molecule has 1 N–H and O–H groups in total. The van der Waals surface area contributed by atoms with E-state index in [1.54, 1.807) is 0 Å². The summed E-state index contributed by atoms with van der Waals surface area (Å²) in [6.45, 7) is 6.03. The van der Waals surface area contributed by atoms with Crippen LogP contribution >= 0.6 is 11.8 Å². The lowest BCUT2D eigenvalue weighted by Crippen LogP contribution is -2.07. The SMILES string of the molecule is CC(C)Oc1ccc([C@H](C)NCl)cc1. The number of hydrogen-bond acceptors (Lipinski definition) is 2. The fourth-order valence-electron chi connectivity index (χ4n) is 1.17. The molecule has 1 aromatic carbocycles. The second-order valence-electron chi connectivity index (χ2n) is 3.57. The van der Waals surface area contributed by atoms with E-state index in [0.717, 1.165) is 11.3 Å². The van der Waals surface area contributed by atoms with E-state index >= 15 is 0 Å². The molecule has 2 nitrogen and oxygen atoms in total. The lowest BCUT2D eigenvalue weighted by atomic mass is 10.1. The number of hydrogen-bond donors (Lipinski definition) is 1. The highest BCUT2D eigenvalue weighted by Gasteiger charge is 2.03.